The van der Waals surface area contributed by atoms with E-state index in [0.29, 0.717) is 0 Å². The van der Waals surface area contributed by atoms with Crippen LogP contribution in [0.15, 0.2) is 267 Å². The molecule has 68 heavy (non-hydrogen) atoms. The van der Waals surface area contributed by atoms with E-state index in [-0.39, 0.29) is 0 Å². The van der Waals surface area contributed by atoms with Crippen LogP contribution in [0, 0.1) is 0 Å². The third-order valence-corrected chi connectivity index (χ3v) is 13.8. The maximum Gasteiger partial charge on any atom is 0.0546 e. The van der Waals surface area contributed by atoms with Gasteiger partial charge in [0.05, 0.1) is 16.7 Å². The highest BCUT2D eigenvalue weighted by Crippen LogP contribution is 2.46. The number of fused-ring (bicyclic) bond motifs is 6. The van der Waals surface area contributed by atoms with Gasteiger partial charge in [0.2, 0.25) is 0 Å². The first kappa shape index (κ1) is 39.4. The van der Waals surface area contributed by atoms with Gasteiger partial charge >= 0.3 is 0 Å². The van der Waals surface area contributed by atoms with Crippen molar-refractivity contribution in [3.63, 3.8) is 0 Å². The molecule has 0 spiro atoms. The fraction of sp³-hybridized carbons (Fsp3) is 0. The van der Waals surface area contributed by atoms with E-state index in [0.717, 1.165) is 45.0 Å². The number of rotatable bonds is 8. The summed E-state index contributed by atoms with van der Waals surface area (Å²) in [5, 5.41) is 9.90. The number of hydrogen-bond donors (Lipinski definition) is 0. The SMILES string of the molecule is c1cc(-c2ccc(N(c3ccc(-c4cccc5ccccc45)cc3)c3cc(-c4cccc5ccccc45)ccc3-c3cccc4ccccc34)cc2)cc(-n2c3ccccc3c3ccccc32)c1. The van der Waals surface area contributed by atoms with Gasteiger partial charge in [-0.2, -0.15) is 0 Å². The standard InChI is InChI=1S/C66H44N2/c1-4-23-55-46(15-1)18-12-28-57(55)49-35-40-53(41-36-49)67(52-38-33-45(34-39-52)50-21-11-22-54(43-50)68-64-31-9-7-26-61(64)62-27-8-10-32-65(62)68)66-44-51(59-29-13-19-47-16-2-5-24-56(47)59)37-42-63(66)60-30-14-20-48-17-3-6-25-58(48)60/h1-44H. The van der Waals surface area contributed by atoms with Gasteiger partial charge in [-0.3, -0.25) is 0 Å². The van der Waals surface area contributed by atoms with Crippen LogP contribution < -0.4 is 4.90 Å². The second-order valence-electron chi connectivity index (χ2n) is 17.7. The predicted octanol–water partition coefficient (Wildman–Crippen LogP) is 18.4. The first-order chi connectivity index (χ1) is 33.7. The molecular weight excluding hydrogens is 821 g/mol. The summed E-state index contributed by atoms with van der Waals surface area (Å²) >= 11 is 0. The highest BCUT2D eigenvalue weighted by Gasteiger charge is 2.21. The molecule has 0 aliphatic rings. The van der Waals surface area contributed by atoms with Gasteiger partial charge in [-0.1, -0.05) is 212 Å². The first-order valence-corrected chi connectivity index (χ1v) is 23.4. The van der Waals surface area contributed by atoms with Crippen molar-refractivity contribution in [2.45, 2.75) is 0 Å². The van der Waals surface area contributed by atoms with Crippen LogP contribution in [0.1, 0.15) is 0 Å². The molecule has 0 radical (unpaired) electrons. The molecule has 0 saturated heterocycles. The maximum absolute atomic E-state index is 2.46. The zero-order chi connectivity index (χ0) is 45.0. The van der Waals surface area contributed by atoms with Gasteiger partial charge in [0.1, 0.15) is 0 Å². The summed E-state index contributed by atoms with van der Waals surface area (Å²) in [7, 11) is 0. The van der Waals surface area contributed by atoms with Gasteiger partial charge in [-0.25, -0.2) is 0 Å². The van der Waals surface area contributed by atoms with Crippen LogP contribution in [0.4, 0.5) is 17.1 Å². The number of anilines is 3. The molecule has 0 fully saturated rings. The molecule has 13 aromatic rings. The molecule has 0 saturated carbocycles. The maximum atomic E-state index is 2.46. The van der Waals surface area contributed by atoms with Gasteiger partial charge in [-0.05, 0) is 126 Å². The minimum atomic E-state index is 1.07. The second-order valence-corrected chi connectivity index (χ2v) is 17.7. The molecule has 0 amide bonds. The Hall–Kier alpha value is -8.98. The van der Waals surface area contributed by atoms with Crippen LogP contribution in [-0.4, -0.2) is 4.57 Å². The van der Waals surface area contributed by atoms with E-state index in [2.05, 4.69) is 276 Å². The van der Waals surface area contributed by atoms with Crippen molar-refractivity contribution in [1.29, 1.82) is 0 Å². The van der Waals surface area contributed by atoms with Gasteiger partial charge < -0.3 is 9.47 Å². The Labute approximate surface area is 395 Å². The normalized spacial score (nSPS) is 11.5. The number of aromatic nitrogens is 1. The Morgan fingerprint density at radius 2 is 0.676 bits per heavy atom. The number of benzene rings is 12. The number of hydrogen-bond acceptors (Lipinski definition) is 1. The second kappa shape index (κ2) is 16.5. The molecule has 0 bridgehead atoms. The smallest absolute Gasteiger partial charge is 0.0546 e. The molecule has 318 valence electrons. The molecule has 1 heterocycles. The number of para-hydroxylation sites is 2. The van der Waals surface area contributed by atoms with Gasteiger partial charge in [0.25, 0.3) is 0 Å². The van der Waals surface area contributed by atoms with Gasteiger partial charge in [0.15, 0.2) is 0 Å². The Morgan fingerprint density at radius 3 is 1.25 bits per heavy atom. The molecule has 2 heteroatoms. The Balaban J connectivity index is 0.995. The van der Waals surface area contributed by atoms with E-state index in [9.17, 15) is 0 Å². The zero-order valence-corrected chi connectivity index (χ0v) is 37.3. The minimum absolute atomic E-state index is 1.07. The molecule has 0 unspecified atom stereocenters. The third kappa shape index (κ3) is 6.73. The molecule has 0 atom stereocenters. The van der Waals surface area contributed by atoms with Crippen molar-refractivity contribution in [2.24, 2.45) is 0 Å². The minimum Gasteiger partial charge on any atom is -0.310 e. The van der Waals surface area contributed by atoms with Crippen LogP contribution in [-0.2, 0) is 0 Å². The summed E-state index contributed by atoms with van der Waals surface area (Å²) in [4.78, 5) is 2.46. The molecule has 12 aromatic carbocycles. The third-order valence-electron chi connectivity index (χ3n) is 13.8. The first-order valence-electron chi connectivity index (χ1n) is 23.4. The van der Waals surface area contributed by atoms with E-state index in [1.165, 1.54) is 76.4 Å². The zero-order valence-electron chi connectivity index (χ0n) is 37.3. The molecule has 2 nitrogen and oxygen atoms in total. The van der Waals surface area contributed by atoms with Crippen LogP contribution in [0.3, 0.4) is 0 Å². The van der Waals surface area contributed by atoms with E-state index in [1.54, 1.807) is 0 Å². The lowest BCUT2D eigenvalue weighted by Gasteiger charge is -2.29. The lowest BCUT2D eigenvalue weighted by molar-refractivity contribution is 1.18. The van der Waals surface area contributed by atoms with E-state index in [1.807, 2.05) is 0 Å². The van der Waals surface area contributed by atoms with Gasteiger partial charge in [-0.15, -0.1) is 0 Å². The topological polar surface area (TPSA) is 8.17 Å². The van der Waals surface area contributed by atoms with Crippen LogP contribution in [0.5, 0.6) is 0 Å². The highest BCUT2D eigenvalue weighted by molar-refractivity contribution is 6.09. The lowest BCUT2D eigenvalue weighted by Crippen LogP contribution is -2.11. The molecule has 13 rings (SSSR count). The largest absolute Gasteiger partial charge is 0.310 e. The Bertz CT molecular complexity index is 3960. The highest BCUT2D eigenvalue weighted by atomic mass is 15.1. The summed E-state index contributed by atoms with van der Waals surface area (Å²) in [5.41, 5.74) is 16.2. The average Bonchev–Trinajstić information content (AvgIpc) is 3.75. The van der Waals surface area contributed by atoms with Gasteiger partial charge in [0, 0.05) is 33.4 Å². The van der Waals surface area contributed by atoms with Crippen molar-refractivity contribution >= 4 is 71.2 Å². The van der Waals surface area contributed by atoms with Crippen LogP contribution in [0.2, 0.25) is 0 Å². The Morgan fingerprint density at radius 1 is 0.250 bits per heavy atom. The van der Waals surface area contributed by atoms with E-state index < -0.39 is 0 Å². The van der Waals surface area contributed by atoms with E-state index in [4.69, 9.17) is 0 Å². The summed E-state index contributed by atoms with van der Waals surface area (Å²) in [5.74, 6) is 0. The summed E-state index contributed by atoms with van der Waals surface area (Å²) in [6.45, 7) is 0. The molecule has 1 aromatic heterocycles. The van der Waals surface area contributed by atoms with Crippen molar-refractivity contribution in [3.05, 3.63) is 267 Å². The number of nitrogens with zero attached hydrogens (tertiary/aromatic N) is 2. The van der Waals surface area contributed by atoms with Crippen molar-refractivity contribution in [3.8, 4) is 50.2 Å². The van der Waals surface area contributed by atoms with E-state index >= 15 is 0 Å². The fourth-order valence-electron chi connectivity index (χ4n) is 10.6. The fourth-order valence-corrected chi connectivity index (χ4v) is 10.6. The predicted molar refractivity (Wildman–Crippen MR) is 290 cm³/mol. The molecule has 0 aliphatic heterocycles. The monoisotopic (exact) mass is 864 g/mol. The summed E-state index contributed by atoms with van der Waals surface area (Å²) in [6, 6.07) is 97.7. The average molecular weight is 865 g/mol. The summed E-state index contributed by atoms with van der Waals surface area (Å²) in [6.07, 6.45) is 0. The molecular formula is C66H44N2. The molecule has 0 aliphatic carbocycles. The molecule has 0 N–H and O–H groups in total. The van der Waals surface area contributed by atoms with Crippen molar-refractivity contribution < 1.29 is 0 Å². The van der Waals surface area contributed by atoms with Crippen LogP contribution >= 0.6 is 0 Å². The van der Waals surface area contributed by atoms with Crippen LogP contribution in [0.25, 0.3) is 104 Å². The van der Waals surface area contributed by atoms with Crippen molar-refractivity contribution in [1.82, 2.24) is 4.57 Å². The van der Waals surface area contributed by atoms with Crippen molar-refractivity contribution in [2.75, 3.05) is 4.90 Å². The quantitative estimate of drug-likeness (QED) is 0.148. The Kier molecular flexibility index (Phi) is 9.54. The summed E-state index contributed by atoms with van der Waals surface area (Å²) < 4.78 is 2.39. The lowest BCUT2D eigenvalue weighted by atomic mass is 9.92.